The van der Waals surface area contributed by atoms with Crippen LogP contribution < -0.4 is 10.6 Å². The fraction of sp³-hybridized carbons (Fsp3) is 0.0952. The van der Waals surface area contributed by atoms with Crippen molar-refractivity contribution in [1.29, 1.82) is 0 Å². The van der Waals surface area contributed by atoms with Crippen molar-refractivity contribution in [3.63, 3.8) is 0 Å². The van der Waals surface area contributed by atoms with Gasteiger partial charge in [0.15, 0.2) is 5.82 Å². The lowest BCUT2D eigenvalue weighted by Crippen LogP contribution is -2.15. The third-order valence-corrected chi connectivity index (χ3v) is 4.75. The second kappa shape index (κ2) is 8.42. The molecule has 4 aromatic rings. The molecule has 0 fully saturated rings. The highest BCUT2D eigenvalue weighted by atomic mass is 35.5. The first-order valence-electron chi connectivity index (χ1n) is 8.81. The van der Waals surface area contributed by atoms with Crippen molar-refractivity contribution in [3.05, 3.63) is 77.0 Å². The van der Waals surface area contributed by atoms with E-state index in [-0.39, 0.29) is 0 Å². The summed E-state index contributed by atoms with van der Waals surface area (Å²) in [5.41, 5.74) is 2.62. The minimum Gasteiger partial charge on any atom is -0.383 e. The van der Waals surface area contributed by atoms with Gasteiger partial charge in [0.25, 0.3) is 0 Å². The Bertz CT molecular complexity index is 1100. The Balaban J connectivity index is 1.59. The second-order valence-electron chi connectivity index (χ2n) is 6.13. The third-order valence-electron chi connectivity index (χ3n) is 4.20. The molecule has 0 saturated carbocycles. The van der Waals surface area contributed by atoms with E-state index in [0.29, 0.717) is 22.4 Å². The number of fused-ring (bicyclic) bond motifs is 1. The number of hydrogen-bond donors (Lipinski definition) is 2. The van der Waals surface area contributed by atoms with Gasteiger partial charge < -0.3 is 10.6 Å². The summed E-state index contributed by atoms with van der Waals surface area (Å²) in [4.78, 5) is 13.4. The van der Waals surface area contributed by atoms with E-state index in [0.717, 1.165) is 34.5 Å². The van der Waals surface area contributed by atoms with Crippen LogP contribution in [0.3, 0.4) is 0 Å². The molecule has 0 aliphatic heterocycles. The average molecular weight is 410 g/mol. The van der Waals surface area contributed by atoms with Gasteiger partial charge in [0.2, 0.25) is 0 Å². The van der Waals surface area contributed by atoms with Crippen LogP contribution >= 0.6 is 23.2 Å². The molecule has 140 valence electrons. The van der Waals surface area contributed by atoms with Gasteiger partial charge in [-0.05, 0) is 42.5 Å². The summed E-state index contributed by atoms with van der Waals surface area (Å²) in [5.74, 6) is 1.33. The molecule has 2 heterocycles. The first kappa shape index (κ1) is 18.5. The summed E-state index contributed by atoms with van der Waals surface area (Å²) in [6.07, 6.45) is 3.52. The number of halogens is 2. The quantitative estimate of drug-likeness (QED) is 0.410. The van der Waals surface area contributed by atoms with Gasteiger partial charge in [-0.25, -0.2) is 9.97 Å². The molecule has 0 atom stereocenters. The van der Waals surface area contributed by atoms with Gasteiger partial charge in [-0.3, -0.25) is 4.98 Å². The van der Waals surface area contributed by atoms with Gasteiger partial charge in [0.05, 0.1) is 10.5 Å². The first-order valence-corrected chi connectivity index (χ1v) is 9.56. The monoisotopic (exact) mass is 409 g/mol. The number of pyridine rings is 1. The zero-order valence-electron chi connectivity index (χ0n) is 14.9. The summed E-state index contributed by atoms with van der Waals surface area (Å²) >= 11 is 12.4. The van der Waals surface area contributed by atoms with Gasteiger partial charge in [-0.15, -0.1) is 0 Å². The molecule has 7 heteroatoms. The molecule has 5 nitrogen and oxygen atoms in total. The molecule has 2 N–H and O–H groups in total. The van der Waals surface area contributed by atoms with Crippen molar-refractivity contribution in [3.8, 4) is 11.4 Å². The lowest BCUT2D eigenvalue weighted by molar-refractivity contribution is 1.06. The van der Waals surface area contributed by atoms with Gasteiger partial charge in [-0.1, -0.05) is 35.3 Å². The Morgan fingerprint density at radius 2 is 1.61 bits per heavy atom. The van der Waals surface area contributed by atoms with E-state index in [9.17, 15) is 0 Å². The van der Waals surface area contributed by atoms with Crippen molar-refractivity contribution in [2.45, 2.75) is 0 Å². The van der Waals surface area contributed by atoms with E-state index in [2.05, 4.69) is 20.6 Å². The van der Waals surface area contributed by atoms with Crippen LogP contribution in [-0.2, 0) is 0 Å². The van der Waals surface area contributed by atoms with E-state index in [1.165, 1.54) is 0 Å². The number of anilines is 2. The number of aromatic nitrogens is 3. The van der Waals surface area contributed by atoms with E-state index < -0.39 is 0 Å². The highest BCUT2D eigenvalue weighted by Crippen LogP contribution is 2.31. The topological polar surface area (TPSA) is 62.7 Å². The molecule has 0 aliphatic carbocycles. The van der Waals surface area contributed by atoms with E-state index in [1.807, 2.05) is 42.5 Å². The van der Waals surface area contributed by atoms with Crippen LogP contribution in [0.4, 0.5) is 11.5 Å². The number of nitrogens with one attached hydrogen (secondary N) is 2. The summed E-state index contributed by atoms with van der Waals surface area (Å²) in [6.45, 7) is 1.43. The molecule has 4 rings (SSSR count). The summed E-state index contributed by atoms with van der Waals surface area (Å²) in [7, 11) is 0. The highest BCUT2D eigenvalue weighted by molar-refractivity contribution is 6.36. The predicted molar refractivity (Wildman–Crippen MR) is 116 cm³/mol. The fourth-order valence-electron chi connectivity index (χ4n) is 2.86. The van der Waals surface area contributed by atoms with Gasteiger partial charge in [0.1, 0.15) is 5.82 Å². The normalized spacial score (nSPS) is 10.8. The molecular formula is C21H17Cl2N5. The smallest absolute Gasteiger partial charge is 0.163 e. The van der Waals surface area contributed by atoms with Crippen molar-refractivity contribution in [2.24, 2.45) is 0 Å². The molecule has 0 unspecified atom stereocenters. The van der Waals surface area contributed by atoms with Crippen molar-refractivity contribution in [2.75, 3.05) is 23.7 Å². The van der Waals surface area contributed by atoms with E-state index in [1.54, 1.807) is 24.5 Å². The van der Waals surface area contributed by atoms with Crippen molar-refractivity contribution < 1.29 is 0 Å². The Labute approximate surface area is 172 Å². The van der Waals surface area contributed by atoms with Crippen LogP contribution in [0.15, 0.2) is 67.0 Å². The summed E-state index contributed by atoms with van der Waals surface area (Å²) in [6, 6.07) is 17.1. The first-order chi connectivity index (χ1) is 13.7. The predicted octanol–water partition coefficient (Wildman–Crippen LogP) is 5.52. The largest absolute Gasteiger partial charge is 0.383 e. The minimum absolute atomic E-state index is 0.521. The molecule has 0 bridgehead atoms. The molecule has 0 radical (unpaired) electrons. The van der Waals surface area contributed by atoms with Crippen LogP contribution in [0.5, 0.6) is 0 Å². The number of benzene rings is 2. The van der Waals surface area contributed by atoms with Gasteiger partial charge >= 0.3 is 0 Å². The highest BCUT2D eigenvalue weighted by Gasteiger charge is 2.12. The average Bonchev–Trinajstić information content (AvgIpc) is 2.72. The van der Waals surface area contributed by atoms with Crippen LogP contribution in [0.25, 0.3) is 22.3 Å². The number of hydrogen-bond acceptors (Lipinski definition) is 5. The lowest BCUT2D eigenvalue weighted by atomic mass is 10.2. The molecule has 0 amide bonds. The van der Waals surface area contributed by atoms with Crippen LogP contribution in [0.2, 0.25) is 10.0 Å². The van der Waals surface area contributed by atoms with E-state index in [4.69, 9.17) is 28.2 Å². The van der Waals surface area contributed by atoms with Crippen LogP contribution in [-0.4, -0.2) is 28.0 Å². The molecular weight excluding hydrogens is 393 g/mol. The van der Waals surface area contributed by atoms with Gasteiger partial charge in [-0.2, -0.15) is 0 Å². The second-order valence-corrected chi connectivity index (χ2v) is 6.97. The van der Waals surface area contributed by atoms with Crippen molar-refractivity contribution >= 4 is 45.6 Å². The number of nitrogens with zero attached hydrogens (tertiary/aromatic N) is 3. The number of para-hydroxylation sites is 1. The molecule has 0 saturated heterocycles. The molecule has 28 heavy (non-hydrogen) atoms. The maximum absolute atomic E-state index is 6.36. The minimum atomic E-state index is 0.521. The van der Waals surface area contributed by atoms with Crippen LogP contribution in [0, 0.1) is 0 Å². The Hall–Kier alpha value is -2.89. The Morgan fingerprint density at radius 3 is 2.43 bits per heavy atom. The third kappa shape index (κ3) is 4.16. The number of rotatable bonds is 6. The van der Waals surface area contributed by atoms with Crippen LogP contribution in [0.1, 0.15) is 0 Å². The zero-order chi connectivity index (χ0) is 19.3. The Morgan fingerprint density at radius 1 is 0.821 bits per heavy atom. The zero-order valence-corrected chi connectivity index (χ0v) is 16.4. The maximum atomic E-state index is 6.36. The lowest BCUT2D eigenvalue weighted by Gasteiger charge is -2.12. The van der Waals surface area contributed by atoms with Gasteiger partial charge in [0, 0.05) is 47.1 Å². The van der Waals surface area contributed by atoms with E-state index >= 15 is 0 Å². The summed E-state index contributed by atoms with van der Waals surface area (Å²) in [5, 5.41) is 8.80. The SMILES string of the molecule is Clc1ccc(-c2nc(NCCNc3ccncc3)c3ccccc3n2)c(Cl)c1. The molecule has 0 aliphatic rings. The maximum Gasteiger partial charge on any atom is 0.163 e. The Kier molecular flexibility index (Phi) is 5.55. The molecule has 2 aromatic heterocycles. The fourth-order valence-corrected chi connectivity index (χ4v) is 3.35. The molecule has 0 spiro atoms. The van der Waals surface area contributed by atoms with Crippen molar-refractivity contribution in [1.82, 2.24) is 15.0 Å². The molecule has 2 aromatic carbocycles. The standard InChI is InChI=1S/C21H17Cl2N5/c22-14-5-6-16(18(23)13-14)21-27-19-4-2-1-3-17(19)20(28-21)26-12-11-25-15-7-9-24-10-8-15/h1-10,13H,11-12H2,(H,24,25)(H,26,27,28). The summed E-state index contributed by atoms with van der Waals surface area (Å²) < 4.78 is 0.